The molecule has 2 N–H and O–H groups in total. The molecule has 114 valence electrons. The Kier molecular flexibility index (Phi) is 13.4. The first kappa shape index (κ1) is 18.4. The Bertz CT molecular complexity index is 205. The fourth-order valence-corrected chi connectivity index (χ4v) is 2.05. The van der Waals surface area contributed by atoms with Crippen molar-refractivity contribution in [1.82, 2.24) is 10.6 Å². The molecule has 19 heavy (non-hydrogen) atoms. The van der Waals surface area contributed by atoms with E-state index in [2.05, 4.69) is 31.4 Å². The fraction of sp³-hybridized carbons (Fsp3) is 0.938. The van der Waals surface area contributed by atoms with Crippen molar-refractivity contribution < 1.29 is 4.79 Å². The molecule has 0 heterocycles. The second-order valence-corrected chi connectivity index (χ2v) is 5.68. The van der Waals surface area contributed by atoms with Crippen LogP contribution in [-0.2, 0) is 4.79 Å². The standard InChI is InChI=1S/C16H34N2O/c1-4-5-6-7-8-9-10-11-13-18-16(19)12-14-17-15(2)3/h15,17H,4-14H2,1-3H3,(H,18,19). The molecule has 0 aliphatic carbocycles. The van der Waals surface area contributed by atoms with E-state index in [0.29, 0.717) is 12.5 Å². The monoisotopic (exact) mass is 270 g/mol. The largest absolute Gasteiger partial charge is 0.356 e. The SMILES string of the molecule is CCCCCCCCCCNC(=O)CCNC(C)C. The molecule has 0 spiro atoms. The second-order valence-electron chi connectivity index (χ2n) is 5.68. The van der Waals surface area contributed by atoms with Crippen LogP contribution in [0.3, 0.4) is 0 Å². The smallest absolute Gasteiger partial charge is 0.221 e. The summed E-state index contributed by atoms with van der Waals surface area (Å²) in [6.07, 6.45) is 11.1. The highest BCUT2D eigenvalue weighted by Crippen LogP contribution is 2.07. The summed E-state index contributed by atoms with van der Waals surface area (Å²) in [5.74, 6) is 0.177. The van der Waals surface area contributed by atoms with Gasteiger partial charge in [0.1, 0.15) is 0 Å². The molecule has 0 rings (SSSR count). The first-order chi connectivity index (χ1) is 9.16. The predicted molar refractivity (Wildman–Crippen MR) is 83.4 cm³/mol. The molecule has 0 saturated carbocycles. The van der Waals surface area contributed by atoms with Gasteiger partial charge in [0.2, 0.25) is 5.91 Å². The van der Waals surface area contributed by atoms with E-state index >= 15 is 0 Å². The topological polar surface area (TPSA) is 41.1 Å². The lowest BCUT2D eigenvalue weighted by Crippen LogP contribution is -2.31. The van der Waals surface area contributed by atoms with Gasteiger partial charge in [0, 0.05) is 25.6 Å². The highest BCUT2D eigenvalue weighted by molar-refractivity contribution is 5.75. The minimum Gasteiger partial charge on any atom is -0.356 e. The molecule has 0 radical (unpaired) electrons. The van der Waals surface area contributed by atoms with E-state index in [4.69, 9.17) is 0 Å². The van der Waals surface area contributed by atoms with Gasteiger partial charge in [-0.15, -0.1) is 0 Å². The molecular weight excluding hydrogens is 236 g/mol. The van der Waals surface area contributed by atoms with Gasteiger partial charge in [0.05, 0.1) is 0 Å². The first-order valence-electron chi connectivity index (χ1n) is 8.17. The predicted octanol–water partition coefficient (Wildman–Crippen LogP) is 3.63. The number of amides is 1. The summed E-state index contributed by atoms with van der Waals surface area (Å²) in [7, 11) is 0. The summed E-state index contributed by atoms with van der Waals surface area (Å²) >= 11 is 0. The van der Waals surface area contributed by atoms with E-state index in [0.717, 1.165) is 19.5 Å². The molecule has 0 aromatic carbocycles. The van der Waals surface area contributed by atoms with Gasteiger partial charge in [-0.05, 0) is 6.42 Å². The minimum atomic E-state index is 0.177. The number of nitrogens with one attached hydrogen (secondary N) is 2. The van der Waals surface area contributed by atoms with Crippen LogP contribution in [0.2, 0.25) is 0 Å². The zero-order chi connectivity index (χ0) is 14.3. The molecule has 0 fully saturated rings. The van der Waals surface area contributed by atoms with E-state index in [-0.39, 0.29) is 5.91 Å². The summed E-state index contributed by atoms with van der Waals surface area (Å²) in [6.45, 7) is 8.06. The Labute approximate surface area is 119 Å². The van der Waals surface area contributed by atoms with Gasteiger partial charge >= 0.3 is 0 Å². The van der Waals surface area contributed by atoms with Gasteiger partial charge in [-0.25, -0.2) is 0 Å². The summed E-state index contributed by atoms with van der Waals surface area (Å²) in [4.78, 5) is 11.5. The average molecular weight is 270 g/mol. The lowest BCUT2D eigenvalue weighted by Gasteiger charge is -2.08. The molecule has 0 unspecified atom stereocenters. The maximum atomic E-state index is 11.5. The summed E-state index contributed by atoms with van der Waals surface area (Å²) in [6, 6.07) is 0.459. The van der Waals surface area contributed by atoms with Crippen molar-refractivity contribution in [3.63, 3.8) is 0 Å². The van der Waals surface area contributed by atoms with Gasteiger partial charge in [-0.3, -0.25) is 4.79 Å². The molecular formula is C16H34N2O. The van der Waals surface area contributed by atoms with Gasteiger partial charge in [0.25, 0.3) is 0 Å². The third-order valence-corrected chi connectivity index (χ3v) is 3.26. The Balaban J connectivity index is 3.14. The summed E-state index contributed by atoms with van der Waals surface area (Å²) in [5, 5.41) is 6.24. The van der Waals surface area contributed by atoms with Crippen LogP contribution < -0.4 is 10.6 Å². The van der Waals surface area contributed by atoms with E-state index in [9.17, 15) is 4.79 Å². The van der Waals surface area contributed by atoms with Crippen LogP contribution in [0.15, 0.2) is 0 Å². The van der Waals surface area contributed by atoms with Crippen LogP contribution in [0.25, 0.3) is 0 Å². The van der Waals surface area contributed by atoms with E-state index in [1.165, 1.54) is 44.9 Å². The Morgan fingerprint density at radius 3 is 2.05 bits per heavy atom. The number of hydrogen-bond acceptors (Lipinski definition) is 2. The van der Waals surface area contributed by atoms with Crippen LogP contribution in [0.5, 0.6) is 0 Å². The van der Waals surface area contributed by atoms with E-state index in [1.54, 1.807) is 0 Å². The highest BCUT2D eigenvalue weighted by Gasteiger charge is 2.00. The number of unbranched alkanes of at least 4 members (excludes halogenated alkanes) is 7. The van der Waals surface area contributed by atoms with Crippen molar-refractivity contribution in [3.05, 3.63) is 0 Å². The summed E-state index contributed by atoms with van der Waals surface area (Å²) in [5.41, 5.74) is 0. The zero-order valence-corrected chi connectivity index (χ0v) is 13.3. The third kappa shape index (κ3) is 15.4. The van der Waals surface area contributed by atoms with Crippen LogP contribution in [0, 0.1) is 0 Å². The van der Waals surface area contributed by atoms with Crippen molar-refractivity contribution >= 4 is 5.91 Å². The Morgan fingerprint density at radius 1 is 0.895 bits per heavy atom. The molecule has 0 aliphatic heterocycles. The van der Waals surface area contributed by atoms with Crippen molar-refractivity contribution in [2.24, 2.45) is 0 Å². The number of rotatable bonds is 13. The first-order valence-corrected chi connectivity index (χ1v) is 8.17. The minimum absolute atomic E-state index is 0.177. The molecule has 1 amide bonds. The van der Waals surface area contributed by atoms with Crippen molar-refractivity contribution in [1.29, 1.82) is 0 Å². The number of carbonyl (C=O) groups is 1. The van der Waals surface area contributed by atoms with E-state index < -0.39 is 0 Å². The summed E-state index contributed by atoms with van der Waals surface area (Å²) < 4.78 is 0. The van der Waals surface area contributed by atoms with Crippen LogP contribution >= 0.6 is 0 Å². The van der Waals surface area contributed by atoms with Crippen molar-refractivity contribution in [3.8, 4) is 0 Å². The molecule has 0 saturated heterocycles. The Morgan fingerprint density at radius 2 is 1.47 bits per heavy atom. The number of carbonyl (C=O) groups excluding carboxylic acids is 1. The molecule has 3 heteroatoms. The van der Waals surface area contributed by atoms with E-state index in [1.807, 2.05) is 0 Å². The maximum Gasteiger partial charge on any atom is 0.221 e. The van der Waals surface area contributed by atoms with Crippen molar-refractivity contribution in [2.45, 2.75) is 84.6 Å². The fourth-order valence-electron chi connectivity index (χ4n) is 2.05. The van der Waals surface area contributed by atoms with Gasteiger partial charge in [0.15, 0.2) is 0 Å². The molecule has 0 bridgehead atoms. The molecule has 3 nitrogen and oxygen atoms in total. The molecule has 0 aromatic rings. The third-order valence-electron chi connectivity index (χ3n) is 3.26. The van der Waals surface area contributed by atoms with Crippen molar-refractivity contribution in [2.75, 3.05) is 13.1 Å². The Hall–Kier alpha value is -0.570. The lowest BCUT2D eigenvalue weighted by atomic mass is 10.1. The average Bonchev–Trinajstić information content (AvgIpc) is 2.36. The number of hydrogen-bond donors (Lipinski definition) is 2. The zero-order valence-electron chi connectivity index (χ0n) is 13.3. The molecule has 0 aliphatic rings. The highest BCUT2D eigenvalue weighted by atomic mass is 16.1. The van der Waals surface area contributed by atoms with Gasteiger partial charge in [-0.2, -0.15) is 0 Å². The normalized spacial score (nSPS) is 10.9. The maximum absolute atomic E-state index is 11.5. The van der Waals surface area contributed by atoms with Crippen LogP contribution in [0.4, 0.5) is 0 Å². The quantitative estimate of drug-likeness (QED) is 0.502. The van der Waals surface area contributed by atoms with Crippen LogP contribution in [0.1, 0.15) is 78.6 Å². The van der Waals surface area contributed by atoms with Crippen LogP contribution in [-0.4, -0.2) is 25.0 Å². The van der Waals surface area contributed by atoms with Gasteiger partial charge < -0.3 is 10.6 Å². The molecule has 0 aromatic heterocycles. The molecule has 0 atom stereocenters. The van der Waals surface area contributed by atoms with Gasteiger partial charge in [-0.1, -0.05) is 65.7 Å². The second kappa shape index (κ2) is 13.9. The lowest BCUT2D eigenvalue weighted by molar-refractivity contribution is -0.121.